The molecule has 0 aliphatic heterocycles. The minimum absolute atomic E-state index is 0.0902. The average Bonchev–Trinajstić information content (AvgIpc) is 3.09. The quantitative estimate of drug-likeness (QED) is 0.638. The van der Waals surface area contributed by atoms with Crippen molar-refractivity contribution in [2.24, 2.45) is 0 Å². The predicted molar refractivity (Wildman–Crippen MR) is 98.0 cm³/mol. The molecule has 0 saturated carbocycles. The van der Waals surface area contributed by atoms with Crippen LogP contribution in [0.25, 0.3) is 11.8 Å². The first-order valence-electron chi connectivity index (χ1n) is 7.37. The van der Waals surface area contributed by atoms with Crippen LogP contribution in [-0.2, 0) is 9.84 Å². The standard InChI is InChI=1S/C19H13ClN2O2S/c20-15-8-10-16(11-9-15)22-12-4-5-17(22)13-19(14-21)25(23,24)18-6-2-1-3-7-18/h1-13H. The van der Waals surface area contributed by atoms with Gasteiger partial charge in [0, 0.05) is 22.6 Å². The molecule has 25 heavy (non-hydrogen) atoms. The molecular formula is C19H13ClN2O2S. The van der Waals surface area contributed by atoms with Crippen molar-refractivity contribution < 1.29 is 8.42 Å². The van der Waals surface area contributed by atoms with Gasteiger partial charge < -0.3 is 4.57 Å². The first-order valence-corrected chi connectivity index (χ1v) is 9.24. The van der Waals surface area contributed by atoms with E-state index < -0.39 is 9.84 Å². The van der Waals surface area contributed by atoms with Crippen molar-refractivity contribution in [3.05, 3.63) is 88.5 Å². The van der Waals surface area contributed by atoms with Crippen LogP contribution in [0.2, 0.25) is 5.02 Å². The highest BCUT2D eigenvalue weighted by Crippen LogP contribution is 2.23. The zero-order chi connectivity index (χ0) is 17.9. The third kappa shape index (κ3) is 3.50. The summed E-state index contributed by atoms with van der Waals surface area (Å²) in [6, 6.07) is 20.4. The molecule has 0 unspecified atom stereocenters. The van der Waals surface area contributed by atoms with E-state index >= 15 is 0 Å². The molecule has 4 nitrogen and oxygen atoms in total. The summed E-state index contributed by atoms with van der Waals surface area (Å²) in [4.78, 5) is -0.222. The second-order valence-corrected chi connectivity index (χ2v) is 7.57. The molecule has 3 aromatic rings. The van der Waals surface area contributed by atoms with Crippen molar-refractivity contribution in [3.63, 3.8) is 0 Å². The number of benzene rings is 2. The Balaban J connectivity index is 2.07. The molecule has 1 heterocycles. The van der Waals surface area contributed by atoms with Gasteiger partial charge >= 0.3 is 0 Å². The molecule has 6 heteroatoms. The first-order chi connectivity index (χ1) is 12.0. The molecule has 0 amide bonds. The van der Waals surface area contributed by atoms with Gasteiger partial charge in [-0.1, -0.05) is 29.8 Å². The molecule has 0 N–H and O–H groups in total. The summed E-state index contributed by atoms with van der Waals surface area (Å²) in [5.41, 5.74) is 1.40. The van der Waals surface area contributed by atoms with Gasteiger partial charge in [0.25, 0.3) is 0 Å². The Kier molecular flexibility index (Phi) is 4.75. The summed E-state index contributed by atoms with van der Waals surface area (Å²) in [5.74, 6) is 0. The van der Waals surface area contributed by atoms with Crippen LogP contribution in [0.4, 0.5) is 0 Å². The molecule has 0 spiro atoms. The van der Waals surface area contributed by atoms with E-state index in [1.54, 1.807) is 59.3 Å². The van der Waals surface area contributed by atoms with Crippen LogP contribution in [0, 0.1) is 11.3 Å². The fourth-order valence-electron chi connectivity index (χ4n) is 2.38. The molecule has 0 bridgehead atoms. The van der Waals surface area contributed by atoms with Crippen LogP contribution in [0.3, 0.4) is 0 Å². The maximum Gasteiger partial charge on any atom is 0.216 e. The molecule has 0 aliphatic rings. The summed E-state index contributed by atoms with van der Waals surface area (Å²) in [7, 11) is -3.87. The molecule has 124 valence electrons. The zero-order valence-corrected chi connectivity index (χ0v) is 14.6. The Morgan fingerprint density at radius 1 is 1.00 bits per heavy atom. The van der Waals surface area contributed by atoms with Crippen molar-refractivity contribution >= 4 is 27.5 Å². The molecule has 0 fully saturated rings. The topological polar surface area (TPSA) is 62.9 Å². The van der Waals surface area contributed by atoms with Crippen LogP contribution in [0.15, 0.2) is 82.7 Å². The number of hydrogen-bond acceptors (Lipinski definition) is 3. The van der Waals surface area contributed by atoms with Crippen LogP contribution in [0.5, 0.6) is 0 Å². The molecule has 1 aromatic heterocycles. The molecule has 0 atom stereocenters. The lowest BCUT2D eigenvalue weighted by molar-refractivity contribution is 0.603. The Morgan fingerprint density at radius 2 is 1.68 bits per heavy atom. The second kappa shape index (κ2) is 6.98. The summed E-state index contributed by atoms with van der Waals surface area (Å²) >= 11 is 5.90. The van der Waals surface area contributed by atoms with Gasteiger partial charge in [0.15, 0.2) is 4.91 Å². The number of halogens is 1. The number of aromatic nitrogens is 1. The maximum absolute atomic E-state index is 12.7. The van der Waals surface area contributed by atoms with Gasteiger partial charge in [-0.2, -0.15) is 5.26 Å². The highest BCUT2D eigenvalue weighted by atomic mass is 35.5. The van der Waals surface area contributed by atoms with E-state index in [9.17, 15) is 13.7 Å². The SMILES string of the molecule is N#CC(=Cc1cccn1-c1ccc(Cl)cc1)S(=O)(=O)c1ccccc1. The lowest BCUT2D eigenvalue weighted by atomic mass is 10.3. The van der Waals surface area contributed by atoms with E-state index in [0.29, 0.717) is 10.7 Å². The van der Waals surface area contributed by atoms with Crippen molar-refractivity contribution in [2.45, 2.75) is 4.90 Å². The Bertz CT molecular complexity index is 1060. The monoisotopic (exact) mass is 368 g/mol. The molecule has 0 saturated heterocycles. The molecule has 0 radical (unpaired) electrons. The van der Waals surface area contributed by atoms with E-state index in [0.717, 1.165) is 5.69 Å². The highest BCUT2D eigenvalue weighted by molar-refractivity contribution is 7.95. The van der Waals surface area contributed by atoms with E-state index in [4.69, 9.17) is 11.6 Å². The number of sulfone groups is 1. The van der Waals surface area contributed by atoms with E-state index in [-0.39, 0.29) is 9.80 Å². The highest BCUT2D eigenvalue weighted by Gasteiger charge is 2.21. The third-order valence-corrected chi connectivity index (χ3v) is 5.55. The van der Waals surface area contributed by atoms with Gasteiger partial charge in [-0.25, -0.2) is 8.42 Å². The largest absolute Gasteiger partial charge is 0.317 e. The number of nitrogens with zero attached hydrogens (tertiary/aromatic N) is 2. The second-order valence-electron chi connectivity index (χ2n) is 5.22. The van der Waals surface area contributed by atoms with Crippen molar-refractivity contribution in [3.8, 4) is 11.8 Å². The minimum Gasteiger partial charge on any atom is -0.317 e. The van der Waals surface area contributed by atoms with Gasteiger partial charge in [-0.3, -0.25) is 0 Å². The summed E-state index contributed by atoms with van der Waals surface area (Å²) in [6.07, 6.45) is 3.16. The van der Waals surface area contributed by atoms with Crippen molar-refractivity contribution in [1.82, 2.24) is 4.57 Å². The van der Waals surface area contributed by atoms with Gasteiger partial charge in [0.05, 0.1) is 4.90 Å². The predicted octanol–water partition coefficient (Wildman–Crippen LogP) is 4.47. The van der Waals surface area contributed by atoms with Gasteiger partial charge in [-0.15, -0.1) is 0 Å². The number of hydrogen-bond donors (Lipinski definition) is 0. The van der Waals surface area contributed by atoms with E-state index in [2.05, 4.69) is 0 Å². The number of allylic oxidation sites excluding steroid dienone is 1. The average molecular weight is 369 g/mol. The number of nitriles is 1. The zero-order valence-electron chi connectivity index (χ0n) is 13.0. The van der Waals surface area contributed by atoms with Gasteiger partial charge in [0.2, 0.25) is 9.84 Å². The summed E-state index contributed by atoms with van der Waals surface area (Å²) in [5, 5.41) is 10.0. The minimum atomic E-state index is -3.87. The molecular weight excluding hydrogens is 356 g/mol. The lowest BCUT2D eigenvalue weighted by Crippen LogP contribution is -2.04. The lowest BCUT2D eigenvalue weighted by Gasteiger charge is -2.08. The molecule has 2 aromatic carbocycles. The summed E-state index contributed by atoms with van der Waals surface area (Å²) < 4.78 is 27.1. The third-order valence-electron chi connectivity index (χ3n) is 3.62. The Labute approximate surface area is 151 Å². The van der Waals surface area contributed by atoms with Gasteiger partial charge in [-0.05, 0) is 54.6 Å². The number of rotatable bonds is 4. The fourth-order valence-corrected chi connectivity index (χ4v) is 3.67. The van der Waals surface area contributed by atoms with E-state index in [1.165, 1.54) is 18.2 Å². The smallest absolute Gasteiger partial charge is 0.216 e. The molecule has 3 rings (SSSR count). The van der Waals surface area contributed by atoms with Crippen molar-refractivity contribution in [2.75, 3.05) is 0 Å². The fraction of sp³-hybridized carbons (Fsp3) is 0. The van der Waals surface area contributed by atoms with Crippen LogP contribution in [-0.4, -0.2) is 13.0 Å². The van der Waals surface area contributed by atoms with Crippen LogP contribution >= 0.6 is 11.6 Å². The summed E-state index contributed by atoms with van der Waals surface area (Å²) in [6.45, 7) is 0. The van der Waals surface area contributed by atoms with Gasteiger partial charge in [0.1, 0.15) is 6.07 Å². The maximum atomic E-state index is 12.7. The Hall–Kier alpha value is -2.81. The van der Waals surface area contributed by atoms with Crippen molar-refractivity contribution in [1.29, 1.82) is 5.26 Å². The van der Waals surface area contributed by atoms with E-state index in [1.807, 2.05) is 12.1 Å². The van der Waals surface area contributed by atoms with Crippen LogP contribution in [0.1, 0.15) is 5.69 Å². The van der Waals surface area contributed by atoms with Crippen LogP contribution < -0.4 is 0 Å². The first kappa shape index (κ1) is 17.0. The normalized spacial score (nSPS) is 11.9. The molecule has 0 aliphatic carbocycles. The Morgan fingerprint density at radius 3 is 2.32 bits per heavy atom.